The van der Waals surface area contributed by atoms with Gasteiger partial charge in [0.05, 0.1) is 11.4 Å². The second-order valence-corrected chi connectivity index (χ2v) is 8.13. The maximum atomic E-state index is 12.6. The molecule has 1 saturated heterocycles. The zero-order valence-electron chi connectivity index (χ0n) is 14.8. The second-order valence-electron chi connectivity index (χ2n) is 7.72. The lowest BCUT2D eigenvalue weighted by molar-refractivity contribution is -0.133. The molecule has 0 bridgehead atoms. The molecule has 3 rings (SSSR count). The molecule has 1 aliphatic heterocycles. The van der Waals surface area contributed by atoms with Gasteiger partial charge in [-0.2, -0.15) is 0 Å². The zero-order chi connectivity index (χ0) is 17.2. The Morgan fingerprint density at radius 3 is 2.54 bits per heavy atom. The van der Waals surface area contributed by atoms with E-state index in [1.165, 1.54) is 25.7 Å². The molecule has 2 aliphatic rings. The van der Waals surface area contributed by atoms with Crippen LogP contribution in [0.1, 0.15) is 44.1 Å². The Morgan fingerprint density at radius 2 is 1.96 bits per heavy atom. The highest BCUT2D eigenvalue weighted by Crippen LogP contribution is 2.45. The molecule has 0 N–H and O–H groups in total. The first-order chi connectivity index (χ1) is 11.5. The topological polar surface area (TPSA) is 36.4 Å². The lowest BCUT2D eigenvalue weighted by atomic mass is 9.67. The van der Waals surface area contributed by atoms with E-state index in [1.807, 2.05) is 11.0 Å². The van der Waals surface area contributed by atoms with Crippen molar-refractivity contribution in [3.05, 3.63) is 29.0 Å². The summed E-state index contributed by atoms with van der Waals surface area (Å²) in [4.78, 5) is 20.9. The van der Waals surface area contributed by atoms with E-state index in [1.54, 1.807) is 12.4 Å². The molecule has 1 aromatic heterocycles. The smallest absolute Gasteiger partial charge is 0.227 e. The number of aromatic nitrogens is 1. The predicted octanol–water partition coefficient (Wildman–Crippen LogP) is 3.39. The highest BCUT2D eigenvalue weighted by atomic mass is 35.5. The molecule has 24 heavy (non-hydrogen) atoms. The largest absolute Gasteiger partial charge is 0.342 e. The van der Waals surface area contributed by atoms with Gasteiger partial charge in [0.2, 0.25) is 5.91 Å². The number of carbonyl (C=O) groups is 1. The van der Waals surface area contributed by atoms with Gasteiger partial charge in [-0.05, 0) is 69.7 Å². The quantitative estimate of drug-likeness (QED) is 0.839. The summed E-state index contributed by atoms with van der Waals surface area (Å²) in [5.41, 5.74) is 1.36. The Labute approximate surface area is 150 Å². The average Bonchev–Trinajstić information content (AvgIpc) is 2.58. The molecular formula is C19H28ClN3O. The third kappa shape index (κ3) is 3.92. The first-order valence-electron chi connectivity index (χ1n) is 9.02. The summed E-state index contributed by atoms with van der Waals surface area (Å²) in [6, 6.07) is 2.58. The normalized spacial score (nSPS) is 21.4. The van der Waals surface area contributed by atoms with Gasteiger partial charge in [-0.25, -0.2) is 0 Å². The van der Waals surface area contributed by atoms with Crippen LogP contribution >= 0.6 is 11.6 Å². The van der Waals surface area contributed by atoms with E-state index in [0.717, 1.165) is 37.5 Å². The summed E-state index contributed by atoms with van der Waals surface area (Å²) in [5.74, 6) is 0.194. The third-order valence-electron chi connectivity index (χ3n) is 6.12. The van der Waals surface area contributed by atoms with Crippen molar-refractivity contribution in [3.63, 3.8) is 0 Å². The molecule has 0 aromatic carbocycles. The van der Waals surface area contributed by atoms with Gasteiger partial charge in [0.1, 0.15) is 0 Å². The number of halogens is 1. The van der Waals surface area contributed by atoms with Crippen LogP contribution in [0.3, 0.4) is 0 Å². The van der Waals surface area contributed by atoms with E-state index in [2.05, 4.69) is 24.0 Å². The van der Waals surface area contributed by atoms with E-state index in [4.69, 9.17) is 11.6 Å². The van der Waals surface area contributed by atoms with E-state index in [-0.39, 0.29) is 5.91 Å². The molecule has 1 aliphatic carbocycles. The van der Waals surface area contributed by atoms with Gasteiger partial charge in [-0.1, -0.05) is 11.6 Å². The summed E-state index contributed by atoms with van der Waals surface area (Å²) in [6.07, 6.45) is 11.2. The maximum Gasteiger partial charge on any atom is 0.227 e. The van der Waals surface area contributed by atoms with Crippen LogP contribution in [0.4, 0.5) is 0 Å². The second kappa shape index (κ2) is 7.40. The molecule has 1 amide bonds. The molecule has 4 nitrogen and oxygen atoms in total. The fourth-order valence-electron chi connectivity index (χ4n) is 4.28. The van der Waals surface area contributed by atoms with Crippen LogP contribution in [0.2, 0.25) is 5.02 Å². The van der Waals surface area contributed by atoms with E-state index in [9.17, 15) is 4.79 Å². The first-order valence-corrected chi connectivity index (χ1v) is 9.39. The molecule has 0 atom stereocenters. The molecule has 132 valence electrons. The monoisotopic (exact) mass is 349 g/mol. The number of hydrogen-bond acceptors (Lipinski definition) is 3. The number of hydrogen-bond donors (Lipinski definition) is 0. The van der Waals surface area contributed by atoms with Crippen molar-refractivity contribution in [2.24, 2.45) is 5.41 Å². The zero-order valence-corrected chi connectivity index (χ0v) is 15.6. The van der Waals surface area contributed by atoms with E-state index < -0.39 is 0 Å². The molecule has 1 spiro atoms. The van der Waals surface area contributed by atoms with Gasteiger partial charge < -0.3 is 9.80 Å². The van der Waals surface area contributed by atoms with Crippen molar-refractivity contribution >= 4 is 17.5 Å². The number of piperidine rings is 1. The van der Waals surface area contributed by atoms with Crippen LogP contribution in [0.25, 0.3) is 0 Å². The Balaban J connectivity index is 1.52. The van der Waals surface area contributed by atoms with Crippen LogP contribution in [0.15, 0.2) is 18.5 Å². The number of pyridine rings is 1. The Kier molecular flexibility index (Phi) is 5.46. The Morgan fingerprint density at radius 1 is 1.29 bits per heavy atom. The van der Waals surface area contributed by atoms with Gasteiger partial charge in [0.25, 0.3) is 0 Å². The van der Waals surface area contributed by atoms with Gasteiger partial charge >= 0.3 is 0 Å². The summed E-state index contributed by atoms with van der Waals surface area (Å²) in [6.45, 7) is 1.79. The van der Waals surface area contributed by atoms with Crippen LogP contribution in [0, 0.1) is 5.41 Å². The van der Waals surface area contributed by atoms with E-state index in [0.29, 0.717) is 16.9 Å². The molecule has 0 radical (unpaired) electrons. The minimum Gasteiger partial charge on any atom is -0.342 e. The van der Waals surface area contributed by atoms with Crippen LogP contribution < -0.4 is 0 Å². The van der Waals surface area contributed by atoms with Crippen molar-refractivity contribution < 1.29 is 4.79 Å². The van der Waals surface area contributed by atoms with Crippen molar-refractivity contribution in [1.29, 1.82) is 0 Å². The van der Waals surface area contributed by atoms with Crippen LogP contribution in [0.5, 0.6) is 0 Å². The molecule has 0 unspecified atom stereocenters. The SMILES string of the molecule is CN(C)C1CCC2(CC1)CCN(C(=O)Cc1ccncc1Cl)CC2. The average molecular weight is 350 g/mol. The lowest BCUT2D eigenvalue weighted by Crippen LogP contribution is -2.46. The number of carbonyl (C=O) groups excluding carboxylic acids is 1. The number of rotatable bonds is 3. The van der Waals surface area contributed by atoms with Gasteiger partial charge in [-0.3, -0.25) is 9.78 Å². The highest BCUT2D eigenvalue weighted by molar-refractivity contribution is 6.31. The van der Waals surface area contributed by atoms with Crippen molar-refractivity contribution in [2.75, 3.05) is 27.2 Å². The molecule has 2 fully saturated rings. The highest BCUT2D eigenvalue weighted by Gasteiger charge is 2.39. The predicted molar refractivity (Wildman–Crippen MR) is 97.1 cm³/mol. The van der Waals surface area contributed by atoms with Crippen molar-refractivity contribution in [2.45, 2.75) is 51.0 Å². The maximum absolute atomic E-state index is 12.6. The first kappa shape index (κ1) is 17.7. The summed E-state index contributed by atoms with van der Waals surface area (Å²) in [7, 11) is 4.38. The lowest BCUT2D eigenvalue weighted by Gasteiger charge is -2.47. The number of likely N-dealkylation sites (tertiary alicyclic amines) is 1. The Bertz CT molecular complexity index is 572. The van der Waals surface area contributed by atoms with Crippen LogP contribution in [-0.2, 0) is 11.2 Å². The van der Waals surface area contributed by atoms with Crippen LogP contribution in [-0.4, -0.2) is 53.9 Å². The number of amides is 1. The van der Waals surface area contributed by atoms with E-state index >= 15 is 0 Å². The van der Waals surface area contributed by atoms with Gasteiger partial charge in [0.15, 0.2) is 0 Å². The van der Waals surface area contributed by atoms with Gasteiger partial charge in [0, 0.05) is 31.5 Å². The summed E-state index contributed by atoms with van der Waals surface area (Å²) >= 11 is 6.13. The van der Waals surface area contributed by atoms with Gasteiger partial charge in [-0.15, -0.1) is 0 Å². The molecule has 5 heteroatoms. The molecule has 2 heterocycles. The van der Waals surface area contributed by atoms with Crippen molar-refractivity contribution in [1.82, 2.24) is 14.8 Å². The Hall–Kier alpha value is -1.13. The fourth-order valence-corrected chi connectivity index (χ4v) is 4.47. The fraction of sp³-hybridized carbons (Fsp3) is 0.684. The molecule has 1 aromatic rings. The minimum atomic E-state index is 0.194. The number of nitrogens with zero attached hydrogens (tertiary/aromatic N) is 3. The van der Waals surface area contributed by atoms with Crippen molar-refractivity contribution in [3.8, 4) is 0 Å². The molecular weight excluding hydrogens is 322 g/mol. The standard InChI is InChI=1S/C19H28ClN3O/c1-22(2)16-3-6-19(7-4-16)8-11-23(12-9-19)18(24)13-15-5-10-21-14-17(15)20/h5,10,14,16H,3-4,6-9,11-13H2,1-2H3. The summed E-state index contributed by atoms with van der Waals surface area (Å²) < 4.78 is 0. The minimum absolute atomic E-state index is 0.194. The molecule has 1 saturated carbocycles. The third-order valence-corrected chi connectivity index (χ3v) is 6.46. The summed E-state index contributed by atoms with van der Waals surface area (Å²) in [5, 5.41) is 0.585.